The Kier molecular flexibility index (Phi) is 4.68. The van der Waals surface area contributed by atoms with E-state index in [9.17, 15) is 10.1 Å². The van der Waals surface area contributed by atoms with E-state index in [0.29, 0.717) is 5.56 Å². The fraction of sp³-hybridized carbons (Fsp3) is 0.381. The lowest BCUT2D eigenvalue weighted by Gasteiger charge is -2.38. The third-order valence-corrected chi connectivity index (χ3v) is 5.58. The molecule has 138 valence electrons. The number of amides is 2. The van der Waals surface area contributed by atoms with Gasteiger partial charge >= 0.3 is 6.03 Å². The number of nitrogens with zero attached hydrogens (tertiary/aromatic N) is 4. The van der Waals surface area contributed by atoms with Gasteiger partial charge in [-0.15, -0.1) is 0 Å². The number of piperidine rings is 1. The second-order valence-electron chi connectivity index (χ2n) is 7.22. The van der Waals surface area contributed by atoms with Gasteiger partial charge in [-0.2, -0.15) is 5.26 Å². The summed E-state index contributed by atoms with van der Waals surface area (Å²) in [4.78, 5) is 21.4. The average Bonchev–Trinajstić information content (AvgIpc) is 2.87. The monoisotopic (exact) mass is 361 g/mol. The maximum atomic E-state index is 12.7. The molecule has 6 heteroatoms. The van der Waals surface area contributed by atoms with Crippen molar-refractivity contribution < 1.29 is 4.79 Å². The van der Waals surface area contributed by atoms with E-state index in [-0.39, 0.29) is 12.1 Å². The number of carbonyl (C=O) groups is 1. The Morgan fingerprint density at radius 2 is 2.00 bits per heavy atom. The van der Waals surface area contributed by atoms with E-state index >= 15 is 0 Å². The first-order valence-corrected chi connectivity index (χ1v) is 9.43. The molecule has 1 fully saturated rings. The second-order valence-corrected chi connectivity index (χ2v) is 7.22. The van der Waals surface area contributed by atoms with Crippen LogP contribution in [0.15, 0.2) is 36.5 Å². The smallest absolute Gasteiger partial charge is 0.322 e. The zero-order valence-corrected chi connectivity index (χ0v) is 15.5. The van der Waals surface area contributed by atoms with Crippen LogP contribution in [0.5, 0.6) is 0 Å². The second kappa shape index (κ2) is 7.28. The lowest BCUT2D eigenvalue weighted by atomic mass is 10.0. The molecule has 2 aromatic rings. The molecule has 1 aromatic carbocycles. The van der Waals surface area contributed by atoms with E-state index in [1.165, 1.54) is 5.56 Å². The lowest BCUT2D eigenvalue weighted by molar-refractivity contribution is 0.177. The molecule has 0 atom stereocenters. The van der Waals surface area contributed by atoms with E-state index in [0.717, 1.165) is 56.0 Å². The third kappa shape index (κ3) is 3.45. The molecule has 6 nitrogen and oxygen atoms in total. The van der Waals surface area contributed by atoms with Gasteiger partial charge in [0, 0.05) is 37.6 Å². The van der Waals surface area contributed by atoms with Crippen molar-refractivity contribution in [2.75, 3.05) is 29.9 Å². The number of anilines is 2. The van der Waals surface area contributed by atoms with Crippen LogP contribution in [0.4, 0.5) is 16.3 Å². The third-order valence-electron chi connectivity index (χ3n) is 5.58. The molecule has 0 radical (unpaired) electrons. The molecule has 27 heavy (non-hydrogen) atoms. The molecule has 4 rings (SSSR count). The van der Waals surface area contributed by atoms with Crippen LogP contribution in [0, 0.1) is 18.3 Å². The Balaban J connectivity index is 1.42. The van der Waals surface area contributed by atoms with Crippen molar-refractivity contribution in [2.45, 2.75) is 32.2 Å². The number of carbonyl (C=O) groups excluding carboxylic acids is 1. The van der Waals surface area contributed by atoms with E-state index in [4.69, 9.17) is 0 Å². The predicted octanol–water partition coefficient (Wildman–Crippen LogP) is 3.32. The Morgan fingerprint density at radius 3 is 2.78 bits per heavy atom. The summed E-state index contributed by atoms with van der Waals surface area (Å²) in [6, 6.07) is 12.3. The van der Waals surface area contributed by atoms with Crippen LogP contribution >= 0.6 is 0 Å². The summed E-state index contributed by atoms with van der Waals surface area (Å²) in [6.45, 7) is 4.32. The molecule has 2 aliphatic heterocycles. The number of fused-ring (bicyclic) bond motifs is 1. The summed E-state index contributed by atoms with van der Waals surface area (Å²) in [5, 5.41) is 12.3. The zero-order valence-electron chi connectivity index (χ0n) is 15.5. The van der Waals surface area contributed by atoms with Crippen LogP contribution in [-0.2, 0) is 6.42 Å². The summed E-state index contributed by atoms with van der Waals surface area (Å²) >= 11 is 0. The lowest BCUT2D eigenvalue weighted by Crippen LogP contribution is -2.49. The number of hydrogen-bond acceptors (Lipinski definition) is 4. The van der Waals surface area contributed by atoms with Crippen LogP contribution in [0.2, 0.25) is 0 Å². The maximum absolute atomic E-state index is 12.7. The van der Waals surface area contributed by atoms with Gasteiger partial charge in [-0.3, -0.25) is 0 Å². The highest BCUT2D eigenvalue weighted by Gasteiger charge is 2.30. The number of aromatic nitrogens is 1. The van der Waals surface area contributed by atoms with Gasteiger partial charge in [-0.05, 0) is 49.4 Å². The molecule has 2 amide bonds. The van der Waals surface area contributed by atoms with Gasteiger partial charge in [0.25, 0.3) is 0 Å². The number of hydrogen-bond donors (Lipinski definition) is 1. The molecule has 0 spiro atoms. The highest BCUT2D eigenvalue weighted by Crippen LogP contribution is 2.26. The fourth-order valence-electron chi connectivity index (χ4n) is 3.95. The molecular formula is C21H23N5O. The number of nitriles is 1. The minimum atomic E-state index is -0.00127. The van der Waals surface area contributed by atoms with Gasteiger partial charge in [0.15, 0.2) is 0 Å². The summed E-state index contributed by atoms with van der Waals surface area (Å²) in [7, 11) is 0. The first kappa shape index (κ1) is 17.3. The van der Waals surface area contributed by atoms with Crippen LogP contribution in [-0.4, -0.2) is 41.6 Å². The number of pyridine rings is 1. The summed E-state index contributed by atoms with van der Waals surface area (Å²) in [5.74, 6) is 0.850. The SMILES string of the molecule is Cc1cnc(N2CCC(N3CCc4ccccc4NC3=O)CC2)cc1C#N. The van der Waals surface area contributed by atoms with Crippen LogP contribution in [0.3, 0.4) is 0 Å². The Hall–Kier alpha value is -3.07. The van der Waals surface area contributed by atoms with Crippen molar-refractivity contribution in [3.8, 4) is 6.07 Å². The molecule has 2 aliphatic rings. The van der Waals surface area contributed by atoms with Crippen molar-refractivity contribution in [3.05, 3.63) is 53.2 Å². The molecule has 0 bridgehead atoms. The van der Waals surface area contributed by atoms with Crippen LogP contribution < -0.4 is 10.2 Å². The largest absolute Gasteiger partial charge is 0.356 e. The van der Waals surface area contributed by atoms with E-state index in [2.05, 4.69) is 27.3 Å². The highest BCUT2D eigenvalue weighted by molar-refractivity contribution is 5.91. The Labute approximate surface area is 159 Å². The number of para-hydroxylation sites is 1. The zero-order chi connectivity index (χ0) is 18.8. The van der Waals surface area contributed by atoms with Gasteiger partial charge in [0.05, 0.1) is 11.6 Å². The van der Waals surface area contributed by atoms with Gasteiger partial charge in [-0.1, -0.05) is 18.2 Å². The van der Waals surface area contributed by atoms with Gasteiger partial charge in [0.1, 0.15) is 5.82 Å². The molecular weight excluding hydrogens is 338 g/mol. The highest BCUT2D eigenvalue weighted by atomic mass is 16.2. The van der Waals surface area contributed by atoms with Gasteiger partial charge < -0.3 is 15.1 Å². The number of benzene rings is 1. The first-order chi connectivity index (χ1) is 13.2. The van der Waals surface area contributed by atoms with Crippen molar-refractivity contribution >= 4 is 17.5 Å². The van der Waals surface area contributed by atoms with Gasteiger partial charge in [0.2, 0.25) is 0 Å². The Bertz CT molecular complexity index is 896. The Morgan fingerprint density at radius 1 is 1.22 bits per heavy atom. The fourth-order valence-corrected chi connectivity index (χ4v) is 3.95. The minimum absolute atomic E-state index is 0.00127. The first-order valence-electron chi connectivity index (χ1n) is 9.43. The number of nitrogens with one attached hydrogen (secondary N) is 1. The van der Waals surface area contributed by atoms with Crippen molar-refractivity contribution in [1.29, 1.82) is 5.26 Å². The number of urea groups is 1. The van der Waals surface area contributed by atoms with E-state index in [1.807, 2.05) is 36.1 Å². The normalized spacial score (nSPS) is 17.7. The van der Waals surface area contributed by atoms with Gasteiger partial charge in [-0.25, -0.2) is 9.78 Å². The van der Waals surface area contributed by atoms with Crippen LogP contribution in [0.25, 0.3) is 0 Å². The summed E-state index contributed by atoms with van der Waals surface area (Å²) in [5.41, 5.74) is 3.69. The summed E-state index contributed by atoms with van der Waals surface area (Å²) < 4.78 is 0. The molecule has 1 aromatic heterocycles. The number of rotatable bonds is 2. The van der Waals surface area contributed by atoms with Crippen molar-refractivity contribution in [2.24, 2.45) is 0 Å². The summed E-state index contributed by atoms with van der Waals surface area (Å²) in [6.07, 6.45) is 4.45. The predicted molar refractivity (Wildman–Crippen MR) is 105 cm³/mol. The van der Waals surface area contributed by atoms with E-state index in [1.54, 1.807) is 6.20 Å². The van der Waals surface area contributed by atoms with Crippen LogP contribution in [0.1, 0.15) is 29.5 Å². The number of aryl methyl sites for hydroxylation is 1. The topological polar surface area (TPSA) is 72.3 Å². The average molecular weight is 361 g/mol. The van der Waals surface area contributed by atoms with E-state index < -0.39 is 0 Å². The molecule has 0 saturated carbocycles. The standard InChI is InChI=1S/C21H23N5O/c1-15-14-23-20(12-17(15)13-22)25-9-7-18(8-10-25)26-11-6-16-4-2-3-5-19(16)24-21(26)27/h2-5,12,14,18H,6-11H2,1H3,(H,24,27). The van der Waals surface area contributed by atoms with Crippen molar-refractivity contribution in [3.63, 3.8) is 0 Å². The quantitative estimate of drug-likeness (QED) is 0.891. The molecule has 3 heterocycles. The maximum Gasteiger partial charge on any atom is 0.322 e. The van der Waals surface area contributed by atoms with Crippen molar-refractivity contribution in [1.82, 2.24) is 9.88 Å². The molecule has 1 N–H and O–H groups in total. The molecule has 0 aliphatic carbocycles. The molecule has 1 saturated heterocycles. The minimum Gasteiger partial charge on any atom is -0.356 e. The molecule has 0 unspecified atom stereocenters.